The molecule has 37 heavy (non-hydrogen) atoms. The molecule has 21 heteroatoms. The average Bonchev–Trinajstić information content (AvgIpc) is 2.69. The maximum absolute atomic E-state index is 11.8. The fraction of sp³-hybridized carbons (Fsp3) is 0. The van der Waals surface area contributed by atoms with Gasteiger partial charge in [0, 0.05) is 6.07 Å². The number of fused-ring (bicyclic) bond motifs is 1. The lowest BCUT2D eigenvalue weighted by Crippen LogP contribution is -2.07. The van der Waals surface area contributed by atoms with Crippen LogP contribution in [0.3, 0.4) is 0 Å². The van der Waals surface area contributed by atoms with Gasteiger partial charge in [-0.05, 0) is 29.7 Å². The Morgan fingerprint density at radius 2 is 1.16 bits per heavy atom. The summed E-state index contributed by atoms with van der Waals surface area (Å²) >= 11 is 0. The van der Waals surface area contributed by atoms with E-state index >= 15 is 0 Å². The van der Waals surface area contributed by atoms with E-state index in [2.05, 4.69) is 10.2 Å². The number of rotatable bonds is 6. The van der Waals surface area contributed by atoms with Gasteiger partial charge < -0.3 is 16.6 Å². The highest BCUT2D eigenvalue weighted by molar-refractivity contribution is 7.87. The number of azo groups is 1. The molecule has 0 unspecified atom stereocenters. The Kier molecular flexibility index (Phi) is 6.72. The minimum absolute atomic E-state index is 0.250. The second-order valence-corrected chi connectivity index (χ2v) is 12.7. The molecule has 200 valence electrons. The number of hydrogen-bond donors (Lipinski definition) is 7. The van der Waals surface area contributed by atoms with E-state index < -0.39 is 99.3 Å². The minimum Gasteiger partial charge on any atom is -0.507 e. The van der Waals surface area contributed by atoms with Crippen molar-refractivity contribution in [2.45, 2.75) is 19.6 Å². The molecule has 0 aliphatic rings. The predicted molar refractivity (Wildman–Crippen MR) is 124 cm³/mol. The lowest BCUT2D eigenvalue weighted by Gasteiger charge is -2.12. The maximum atomic E-state index is 11.8. The van der Waals surface area contributed by atoms with Gasteiger partial charge in [-0.1, -0.05) is 0 Å². The Hall–Kier alpha value is -3.44. The monoisotopic (exact) mass is 598 g/mol. The summed E-state index contributed by atoms with van der Waals surface area (Å²) in [5, 5.41) is 16.4. The van der Waals surface area contributed by atoms with E-state index in [0.717, 1.165) is 0 Å². The summed E-state index contributed by atoms with van der Waals surface area (Å²) in [5.41, 5.74) is 7.99. The molecule has 0 saturated heterocycles. The Labute approximate surface area is 208 Å². The third kappa shape index (κ3) is 5.62. The van der Waals surface area contributed by atoms with Crippen LogP contribution in [-0.2, 0) is 40.5 Å². The van der Waals surface area contributed by atoms with E-state index in [1.807, 2.05) is 0 Å². The Balaban J connectivity index is 2.45. The molecule has 0 bridgehead atoms. The second kappa shape index (κ2) is 8.84. The molecule has 0 spiro atoms. The highest BCUT2D eigenvalue weighted by Crippen LogP contribution is 2.44. The molecular formula is C16H14N4O13S4. The van der Waals surface area contributed by atoms with Gasteiger partial charge in [0.05, 0.1) is 21.7 Å². The molecule has 0 saturated carbocycles. The van der Waals surface area contributed by atoms with Gasteiger partial charge in [0.25, 0.3) is 40.5 Å². The van der Waals surface area contributed by atoms with Crippen molar-refractivity contribution < 1.29 is 57.0 Å². The molecule has 0 aromatic heterocycles. The summed E-state index contributed by atoms with van der Waals surface area (Å²) in [4.78, 5) is -4.30. The van der Waals surface area contributed by atoms with Crippen LogP contribution in [0.5, 0.6) is 5.75 Å². The summed E-state index contributed by atoms with van der Waals surface area (Å²) in [5.74, 6) is -0.941. The number of phenols is 1. The van der Waals surface area contributed by atoms with Crippen molar-refractivity contribution in [1.29, 1.82) is 0 Å². The molecule has 3 rings (SSSR count). The Morgan fingerprint density at radius 1 is 0.622 bits per heavy atom. The van der Waals surface area contributed by atoms with Crippen LogP contribution in [0, 0.1) is 0 Å². The number of hydrogen-bond acceptors (Lipinski definition) is 13. The minimum atomic E-state index is -5.25. The summed E-state index contributed by atoms with van der Waals surface area (Å²) in [6.45, 7) is 0. The van der Waals surface area contributed by atoms with E-state index in [0.29, 0.717) is 24.3 Å². The molecule has 0 amide bonds. The lowest BCUT2D eigenvalue weighted by atomic mass is 10.1. The van der Waals surface area contributed by atoms with E-state index in [-0.39, 0.29) is 6.07 Å². The zero-order chi connectivity index (χ0) is 28.3. The third-order valence-corrected chi connectivity index (χ3v) is 8.16. The van der Waals surface area contributed by atoms with Crippen molar-refractivity contribution in [3.63, 3.8) is 0 Å². The van der Waals surface area contributed by atoms with Crippen molar-refractivity contribution in [3.05, 3.63) is 30.3 Å². The molecule has 9 N–H and O–H groups in total. The normalized spacial score (nSPS) is 13.4. The first kappa shape index (κ1) is 28.1. The first-order valence-corrected chi connectivity index (χ1v) is 14.7. The maximum Gasteiger partial charge on any atom is 0.296 e. The molecule has 0 aliphatic heterocycles. The number of anilines is 2. The number of nitrogens with zero attached hydrogens (tertiary/aromatic N) is 2. The van der Waals surface area contributed by atoms with Crippen LogP contribution in [0.1, 0.15) is 0 Å². The highest BCUT2D eigenvalue weighted by Gasteiger charge is 2.26. The standard InChI is InChI=1S/C16H14N4O13S4/c17-8-4-9(12(36(28,29)30)5-11(8)35(25,26)27)19-20-16-14-6(2-13(15(16)18)37(31,32)33)1-7(3-10(14)21)34(22,23)24/h1-5,21H,17-18H2,(H,22,23,24)(H,25,26,27)(H,28,29,30)(H,31,32,33). The average molecular weight is 599 g/mol. The van der Waals surface area contributed by atoms with Crippen LogP contribution in [0.25, 0.3) is 10.8 Å². The number of nitrogens with two attached hydrogens (primary N) is 2. The number of phenolic OH excluding ortho intramolecular Hbond substituents is 1. The zero-order valence-corrected chi connectivity index (χ0v) is 20.8. The van der Waals surface area contributed by atoms with Crippen molar-refractivity contribution in [1.82, 2.24) is 0 Å². The Morgan fingerprint density at radius 3 is 1.65 bits per heavy atom. The second-order valence-electron chi connectivity index (χ2n) is 7.14. The van der Waals surface area contributed by atoms with E-state index in [1.165, 1.54) is 0 Å². The quantitative estimate of drug-likeness (QED) is 0.119. The van der Waals surface area contributed by atoms with Gasteiger partial charge >= 0.3 is 0 Å². The van der Waals surface area contributed by atoms with E-state index in [9.17, 15) is 57.0 Å². The smallest absolute Gasteiger partial charge is 0.296 e. The number of aromatic hydroxyl groups is 1. The molecule has 17 nitrogen and oxygen atoms in total. The van der Waals surface area contributed by atoms with Crippen molar-refractivity contribution in [2.75, 3.05) is 11.5 Å². The summed E-state index contributed by atoms with van der Waals surface area (Å²) < 4.78 is 131. The van der Waals surface area contributed by atoms with Crippen LogP contribution < -0.4 is 11.5 Å². The summed E-state index contributed by atoms with van der Waals surface area (Å²) in [7, 11) is -20.4. The van der Waals surface area contributed by atoms with Gasteiger partial charge in [-0.2, -0.15) is 33.7 Å². The van der Waals surface area contributed by atoms with Crippen LogP contribution in [0.4, 0.5) is 22.7 Å². The van der Waals surface area contributed by atoms with Gasteiger partial charge in [-0.15, -0.1) is 10.2 Å². The van der Waals surface area contributed by atoms with Crippen molar-refractivity contribution in [2.24, 2.45) is 10.2 Å². The molecular weight excluding hydrogens is 584 g/mol. The topological polar surface area (TPSA) is 314 Å². The summed E-state index contributed by atoms with van der Waals surface area (Å²) in [6, 6.07) is 2.65. The molecule has 0 fully saturated rings. The van der Waals surface area contributed by atoms with Gasteiger partial charge in [0.15, 0.2) is 0 Å². The first-order chi connectivity index (χ1) is 16.6. The van der Waals surface area contributed by atoms with E-state index in [1.54, 1.807) is 0 Å². The van der Waals surface area contributed by atoms with Crippen LogP contribution in [0.15, 0.2) is 60.1 Å². The van der Waals surface area contributed by atoms with Crippen molar-refractivity contribution >= 4 is 74.0 Å². The van der Waals surface area contributed by atoms with Gasteiger partial charge in [0.1, 0.15) is 31.8 Å². The first-order valence-electron chi connectivity index (χ1n) is 8.97. The SMILES string of the molecule is Nc1cc(N=Nc2c(N)c(S(=O)(=O)O)cc3cc(S(=O)(=O)O)cc(O)c23)c(S(=O)(=O)O)cc1S(=O)(=O)O. The zero-order valence-electron chi connectivity index (χ0n) is 17.6. The van der Waals surface area contributed by atoms with Crippen LogP contribution >= 0.6 is 0 Å². The lowest BCUT2D eigenvalue weighted by molar-refractivity contribution is 0.471. The third-order valence-electron chi connectivity index (χ3n) is 4.65. The number of benzene rings is 3. The number of nitrogen functional groups attached to an aromatic ring is 2. The van der Waals surface area contributed by atoms with Gasteiger partial charge in [0.2, 0.25) is 0 Å². The molecule has 0 aliphatic carbocycles. The van der Waals surface area contributed by atoms with Crippen LogP contribution in [0.2, 0.25) is 0 Å². The summed E-state index contributed by atoms with van der Waals surface area (Å²) in [6.07, 6.45) is 0. The Bertz CT molecular complexity index is 1950. The molecule has 3 aromatic rings. The largest absolute Gasteiger partial charge is 0.507 e. The van der Waals surface area contributed by atoms with Crippen molar-refractivity contribution in [3.8, 4) is 5.75 Å². The fourth-order valence-electron chi connectivity index (χ4n) is 3.11. The highest BCUT2D eigenvalue weighted by atomic mass is 32.2. The fourth-order valence-corrected chi connectivity index (χ4v) is 5.62. The van der Waals surface area contributed by atoms with E-state index in [4.69, 9.17) is 11.5 Å². The molecule has 3 aromatic carbocycles. The molecule has 0 radical (unpaired) electrons. The van der Waals surface area contributed by atoms with Gasteiger partial charge in [-0.3, -0.25) is 18.2 Å². The van der Waals surface area contributed by atoms with Crippen LogP contribution in [-0.4, -0.2) is 57.0 Å². The predicted octanol–water partition coefficient (Wildman–Crippen LogP) is 1.11. The molecule has 0 atom stereocenters. The molecule has 0 heterocycles. The van der Waals surface area contributed by atoms with Gasteiger partial charge in [-0.25, -0.2) is 0 Å².